The van der Waals surface area contributed by atoms with Crippen LogP contribution >= 0.6 is 0 Å². The normalized spacial score (nSPS) is 15.4. The van der Waals surface area contributed by atoms with Crippen molar-refractivity contribution in [2.24, 2.45) is 5.92 Å². The first-order chi connectivity index (χ1) is 16.0. The molecule has 2 aromatic heterocycles. The van der Waals surface area contributed by atoms with Crippen LogP contribution in [0.4, 0.5) is 0 Å². The maximum Gasteiger partial charge on any atom is 0.246 e. The molecule has 0 N–H and O–H groups in total. The number of hydrogen-bond acceptors (Lipinski definition) is 4. The fourth-order valence-electron chi connectivity index (χ4n) is 4.33. The van der Waals surface area contributed by atoms with Crippen LogP contribution in [-0.2, 0) is 4.79 Å². The molecule has 0 spiro atoms. The monoisotopic (exact) mass is 443 g/mol. The summed E-state index contributed by atoms with van der Waals surface area (Å²) in [7, 11) is 2.15. The zero-order valence-corrected chi connectivity index (χ0v) is 19.8. The molecule has 1 amide bonds. The van der Waals surface area contributed by atoms with Gasteiger partial charge in [-0.2, -0.15) is 5.10 Å². The molecule has 0 aliphatic carbocycles. The molecule has 4 rings (SSSR count). The van der Waals surface area contributed by atoms with Gasteiger partial charge in [-0.25, -0.2) is 4.68 Å². The van der Waals surface area contributed by atoms with E-state index >= 15 is 0 Å². The molecule has 0 saturated carbocycles. The van der Waals surface area contributed by atoms with Crippen LogP contribution in [0.25, 0.3) is 23.0 Å². The Labute approximate surface area is 196 Å². The minimum absolute atomic E-state index is 0.0721. The van der Waals surface area contributed by atoms with E-state index in [0.717, 1.165) is 55.0 Å². The lowest BCUT2D eigenvalue weighted by molar-refractivity contribution is -0.129. The van der Waals surface area contributed by atoms with E-state index in [1.807, 2.05) is 59.4 Å². The Hall–Kier alpha value is -3.25. The van der Waals surface area contributed by atoms with Gasteiger partial charge in [0.05, 0.1) is 5.69 Å². The van der Waals surface area contributed by atoms with Crippen molar-refractivity contribution in [3.63, 3.8) is 0 Å². The van der Waals surface area contributed by atoms with Gasteiger partial charge >= 0.3 is 0 Å². The van der Waals surface area contributed by atoms with Gasteiger partial charge in [0, 0.05) is 48.4 Å². The Morgan fingerprint density at radius 3 is 2.58 bits per heavy atom. The van der Waals surface area contributed by atoms with Crippen LogP contribution < -0.4 is 0 Å². The highest BCUT2D eigenvalue weighted by molar-refractivity contribution is 5.93. The Bertz CT molecular complexity index is 1070. The van der Waals surface area contributed by atoms with Gasteiger partial charge in [-0.05, 0) is 69.2 Å². The molecule has 3 aromatic rings. The van der Waals surface area contributed by atoms with E-state index in [9.17, 15) is 4.79 Å². The lowest BCUT2D eigenvalue weighted by Crippen LogP contribution is -2.47. The Morgan fingerprint density at radius 2 is 1.91 bits per heavy atom. The van der Waals surface area contributed by atoms with Gasteiger partial charge in [0.25, 0.3) is 0 Å². The van der Waals surface area contributed by atoms with Crippen molar-refractivity contribution >= 4 is 12.0 Å². The van der Waals surface area contributed by atoms with E-state index < -0.39 is 0 Å². The predicted molar refractivity (Wildman–Crippen MR) is 133 cm³/mol. The molecule has 1 aliphatic rings. The second-order valence-electron chi connectivity index (χ2n) is 9.21. The number of benzene rings is 1. The van der Waals surface area contributed by atoms with Gasteiger partial charge in [-0.1, -0.05) is 32.0 Å². The molecule has 33 heavy (non-hydrogen) atoms. The van der Waals surface area contributed by atoms with Crippen molar-refractivity contribution in [3.8, 4) is 16.9 Å². The molecule has 0 bridgehead atoms. The van der Waals surface area contributed by atoms with E-state index in [1.54, 1.807) is 18.5 Å². The van der Waals surface area contributed by atoms with Crippen molar-refractivity contribution in [2.45, 2.75) is 32.7 Å². The number of nitrogens with zero attached hydrogens (tertiary/aromatic N) is 5. The largest absolute Gasteiger partial charge is 0.336 e. The standard InChI is InChI=1S/C27H33N5O/c1-21(2)19-31(24-13-16-30(3)17-14-24)26(33)12-11-23-20-32(25-9-5-4-6-10-25)29-27(23)22-8-7-15-28-18-22/h4-12,15,18,20-21,24H,13-14,16-17,19H2,1-3H3. The van der Waals surface area contributed by atoms with Crippen LogP contribution in [0.15, 0.2) is 67.1 Å². The summed E-state index contributed by atoms with van der Waals surface area (Å²) >= 11 is 0. The number of piperidine rings is 1. The number of aromatic nitrogens is 3. The highest BCUT2D eigenvalue weighted by Gasteiger charge is 2.26. The fourth-order valence-corrected chi connectivity index (χ4v) is 4.33. The van der Waals surface area contributed by atoms with Gasteiger partial charge in [0.2, 0.25) is 5.91 Å². The average Bonchev–Trinajstić information content (AvgIpc) is 3.27. The van der Waals surface area contributed by atoms with Crippen LogP contribution in [0, 0.1) is 5.92 Å². The summed E-state index contributed by atoms with van der Waals surface area (Å²) in [6.07, 6.45) is 11.2. The van der Waals surface area contributed by atoms with E-state index in [1.165, 1.54) is 0 Å². The number of hydrogen-bond donors (Lipinski definition) is 0. The number of carbonyl (C=O) groups is 1. The third-order valence-electron chi connectivity index (χ3n) is 6.08. The lowest BCUT2D eigenvalue weighted by Gasteiger charge is -2.37. The maximum absolute atomic E-state index is 13.3. The summed E-state index contributed by atoms with van der Waals surface area (Å²) in [5, 5.41) is 4.82. The first kappa shape index (κ1) is 22.9. The highest BCUT2D eigenvalue weighted by Crippen LogP contribution is 2.25. The molecule has 0 unspecified atom stereocenters. The Balaban J connectivity index is 1.62. The first-order valence-corrected chi connectivity index (χ1v) is 11.7. The first-order valence-electron chi connectivity index (χ1n) is 11.7. The molecule has 1 aliphatic heterocycles. The van der Waals surface area contributed by atoms with Crippen molar-refractivity contribution in [1.82, 2.24) is 24.6 Å². The third-order valence-corrected chi connectivity index (χ3v) is 6.08. The number of rotatable bonds is 7. The summed E-state index contributed by atoms with van der Waals surface area (Å²) in [6.45, 7) is 7.18. The summed E-state index contributed by atoms with van der Waals surface area (Å²) in [5.41, 5.74) is 3.61. The minimum Gasteiger partial charge on any atom is -0.336 e. The topological polar surface area (TPSA) is 54.3 Å². The molecule has 1 fully saturated rings. The van der Waals surface area contributed by atoms with E-state index in [2.05, 4.69) is 35.7 Å². The SMILES string of the molecule is CC(C)CN(C(=O)C=Cc1cn(-c2ccccc2)nc1-c1cccnc1)C1CCN(C)CC1. The number of para-hydroxylation sites is 1. The quantitative estimate of drug-likeness (QED) is 0.504. The van der Waals surface area contributed by atoms with Gasteiger partial charge in [-0.3, -0.25) is 9.78 Å². The number of pyridine rings is 1. The molecule has 1 saturated heterocycles. The van der Waals surface area contributed by atoms with Gasteiger partial charge in [0.15, 0.2) is 0 Å². The molecular formula is C27H33N5O. The average molecular weight is 444 g/mol. The zero-order chi connectivity index (χ0) is 23.2. The summed E-state index contributed by atoms with van der Waals surface area (Å²) in [5.74, 6) is 0.497. The second-order valence-corrected chi connectivity index (χ2v) is 9.21. The van der Waals surface area contributed by atoms with Crippen LogP contribution in [0.5, 0.6) is 0 Å². The number of amides is 1. The minimum atomic E-state index is 0.0721. The molecule has 1 aromatic carbocycles. The van der Waals surface area contributed by atoms with E-state index in [0.29, 0.717) is 12.0 Å². The van der Waals surface area contributed by atoms with Gasteiger partial charge in [0.1, 0.15) is 5.69 Å². The van der Waals surface area contributed by atoms with Crippen molar-refractivity contribution in [2.75, 3.05) is 26.7 Å². The van der Waals surface area contributed by atoms with Gasteiger partial charge in [-0.15, -0.1) is 0 Å². The molecular weight excluding hydrogens is 410 g/mol. The molecule has 3 heterocycles. The van der Waals surface area contributed by atoms with Crippen molar-refractivity contribution < 1.29 is 4.79 Å². The van der Waals surface area contributed by atoms with Crippen LogP contribution in [0.3, 0.4) is 0 Å². The van der Waals surface area contributed by atoms with Crippen LogP contribution in [-0.4, -0.2) is 63.2 Å². The smallest absolute Gasteiger partial charge is 0.246 e. The van der Waals surface area contributed by atoms with Crippen molar-refractivity contribution in [3.05, 3.63) is 72.7 Å². The fraction of sp³-hybridized carbons (Fsp3) is 0.370. The molecule has 6 nitrogen and oxygen atoms in total. The number of likely N-dealkylation sites (tertiary alicyclic amines) is 1. The third kappa shape index (κ3) is 5.76. The van der Waals surface area contributed by atoms with E-state index in [4.69, 9.17) is 5.10 Å². The van der Waals surface area contributed by atoms with E-state index in [-0.39, 0.29) is 5.91 Å². The zero-order valence-electron chi connectivity index (χ0n) is 19.8. The van der Waals surface area contributed by atoms with Crippen LogP contribution in [0.2, 0.25) is 0 Å². The summed E-state index contributed by atoms with van der Waals surface area (Å²) in [4.78, 5) is 22.0. The van der Waals surface area contributed by atoms with Crippen molar-refractivity contribution in [1.29, 1.82) is 0 Å². The number of carbonyl (C=O) groups excluding carboxylic acids is 1. The summed E-state index contributed by atoms with van der Waals surface area (Å²) in [6, 6.07) is 14.2. The molecule has 0 radical (unpaired) electrons. The van der Waals surface area contributed by atoms with Crippen LogP contribution in [0.1, 0.15) is 32.3 Å². The molecule has 172 valence electrons. The predicted octanol–water partition coefficient (Wildman–Crippen LogP) is 4.53. The lowest BCUT2D eigenvalue weighted by atomic mass is 10.0. The molecule has 0 atom stereocenters. The highest BCUT2D eigenvalue weighted by atomic mass is 16.2. The Morgan fingerprint density at radius 1 is 1.15 bits per heavy atom. The Kier molecular flexibility index (Phi) is 7.35. The maximum atomic E-state index is 13.3. The molecule has 6 heteroatoms. The van der Waals surface area contributed by atoms with Gasteiger partial charge < -0.3 is 9.80 Å². The second kappa shape index (κ2) is 10.6. The summed E-state index contributed by atoms with van der Waals surface area (Å²) < 4.78 is 1.86.